The fourth-order valence-electron chi connectivity index (χ4n) is 5.15. The second-order valence-electron chi connectivity index (χ2n) is 9.36. The predicted molar refractivity (Wildman–Crippen MR) is 145 cm³/mol. The van der Waals surface area contributed by atoms with E-state index in [1.807, 2.05) is 48.2 Å². The minimum Gasteiger partial charge on any atom is -0.497 e. The third kappa shape index (κ3) is 6.91. The number of ether oxygens (including phenoxy) is 1. The monoisotopic (exact) mass is 528 g/mol. The molecular formula is C28H33ClN2O4S. The number of likely N-dealkylation sites (tertiary alicyclic amines) is 1. The third-order valence-corrected chi connectivity index (χ3v) is 8.34. The Morgan fingerprint density at radius 3 is 2.81 bits per heavy atom. The Morgan fingerprint density at radius 2 is 2.06 bits per heavy atom. The fourth-order valence-corrected chi connectivity index (χ4v) is 6.37. The van der Waals surface area contributed by atoms with Gasteiger partial charge < -0.3 is 19.8 Å². The molecule has 8 heteroatoms. The van der Waals surface area contributed by atoms with Crippen molar-refractivity contribution in [3.63, 3.8) is 0 Å². The van der Waals surface area contributed by atoms with Gasteiger partial charge in [-0.2, -0.15) is 0 Å². The molecule has 0 radical (unpaired) electrons. The van der Waals surface area contributed by atoms with Gasteiger partial charge in [0.15, 0.2) is 0 Å². The molecule has 36 heavy (non-hydrogen) atoms. The van der Waals surface area contributed by atoms with Crippen LogP contribution in [0.15, 0.2) is 59.6 Å². The summed E-state index contributed by atoms with van der Waals surface area (Å²) < 4.78 is 5.35. The summed E-state index contributed by atoms with van der Waals surface area (Å²) in [6.45, 7) is 2.66. The topological polar surface area (TPSA) is 82.9 Å². The summed E-state index contributed by atoms with van der Waals surface area (Å²) in [6, 6.07) is 15.9. The van der Waals surface area contributed by atoms with Crippen LogP contribution in [0.5, 0.6) is 5.75 Å². The van der Waals surface area contributed by atoms with E-state index < -0.39 is 12.1 Å². The van der Waals surface area contributed by atoms with Gasteiger partial charge in [0.1, 0.15) is 5.75 Å². The highest BCUT2D eigenvalue weighted by atomic mass is 35.5. The highest BCUT2D eigenvalue weighted by Gasteiger charge is 2.31. The maximum absolute atomic E-state index is 11.6. The van der Waals surface area contributed by atoms with E-state index >= 15 is 0 Å². The number of fused-ring (bicyclic) bond motifs is 1. The summed E-state index contributed by atoms with van der Waals surface area (Å²) in [4.78, 5) is 19.6. The van der Waals surface area contributed by atoms with E-state index in [1.54, 1.807) is 13.3 Å². The van der Waals surface area contributed by atoms with Gasteiger partial charge in [-0.25, -0.2) is 0 Å². The molecule has 0 spiro atoms. The molecule has 1 aromatic heterocycles. The van der Waals surface area contributed by atoms with Crippen molar-refractivity contribution in [3.05, 3.63) is 65.3 Å². The summed E-state index contributed by atoms with van der Waals surface area (Å²) in [6.07, 6.45) is 3.16. The Morgan fingerprint density at radius 1 is 1.25 bits per heavy atom. The lowest BCUT2D eigenvalue weighted by Gasteiger charge is -2.38. The van der Waals surface area contributed by atoms with Gasteiger partial charge in [0.25, 0.3) is 0 Å². The Kier molecular flexibility index (Phi) is 9.48. The number of carboxylic acids is 1. The van der Waals surface area contributed by atoms with Crippen LogP contribution in [0.25, 0.3) is 10.9 Å². The lowest BCUT2D eigenvalue weighted by Crippen LogP contribution is -2.42. The average Bonchev–Trinajstić information content (AvgIpc) is 2.88. The van der Waals surface area contributed by atoms with Crippen LogP contribution >= 0.6 is 23.4 Å². The number of benzene rings is 2. The summed E-state index contributed by atoms with van der Waals surface area (Å²) in [5.74, 6) is 1.20. The number of rotatable bonds is 11. The number of aliphatic hydroxyl groups excluding tert-OH is 1. The number of methoxy groups -OCH3 is 1. The van der Waals surface area contributed by atoms with Crippen LogP contribution in [-0.4, -0.2) is 58.6 Å². The number of nitrogens with zero attached hydrogens (tertiary/aromatic N) is 2. The van der Waals surface area contributed by atoms with Gasteiger partial charge >= 0.3 is 5.97 Å². The number of hydrogen-bond acceptors (Lipinski definition) is 6. The summed E-state index contributed by atoms with van der Waals surface area (Å²) in [5, 5.41) is 21.9. The highest BCUT2D eigenvalue weighted by Crippen LogP contribution is 2.37. The lowest BCUT2D eigenvalue weighted by molar-refractivity contribution is -0.139. The predicted octanol–water partition coefficient (Wildman–Crippen LogP) is 5.92. The van der Waals surface area contributed by atoms with Crippen LogP contribution in [0, 0.1) is 11.8 Å². The highest BCUT2D eigenvalue weighted by molar-refractivity contribution is 7.99. The van der Waals surface area contributed by atoms with Crippen molar-refractivity contribution in [2.45, 2.75) is 36.7 Å². The molecule has 6 nitrogen and oxygen atoms in total. The number of aromatic nitrogens is 1. The van der Waals surface area contributed by atoms with E-state index in [4.69, 9.17) is 16.3 Å². The lowest BCUT2D eigenvalue weighted by atomic mass is 9.79. The number of hydrogen-bond donors (Lipinski definition) is 2. The Hall–Kier alpha value is -2.32. The minimum atomic E-state index is -0.763. The van der Waals surface area contributed by atoms with Gasteiger partial charge in [-0.1, -0.05) is 29.8 Å². The maximum atomic E-state index is 11.6. The zero-order valence-corrected chi connectivity index (χ0v) is 22.0. The van der Waals surface area contributed by atoms with Crippen molar-refractivity contribution < 1.29 is 19.7 Å². The number of carbonyl (C=O) groups is 1. The molecule has 3 aromatic rings. The number of aliphatic carboxylic acids is 1. The number of thioether (sulfide) groups is 1. The summed E-state index contributed by atoms with van der Waals surface area (Å²) >= 11 is 8.30. The maximum Gasteiger partial charge on any atom is 0.303 e. The van der Waals surface area contributed by atoms with Crippen molar-refractivity contribution in [2.75, 3.05) is 32.5 Å². The number of halogens is 1. The molecule has 3 atom stereocenters. The first-order valence-corrected chi connectivity index (χ1v) is 13.7. The molecule has 0 unspecified atom stereocenters. The zero-order valence-electron chi connectivity index (χ0n) is 20.5. The molecule has 2 aromatic carbocycles. The van der Waals surface area contributed by atoms with E-state index in [2.05, 4.69) is 22.0 Å². The SMILES string of the molecule is COc1ccc2ncc(Cl)c([C@@H](O)CC[C@@H]3CCN(CCSc4ccccc4)C[C@H]3CC(=O)O)c2c1. The molecule has 1 aliphatic rings. The zero-order chi connectivity index (χ0) is 25.5. The second-order valence-corrected chi connectivity index (χ2v) is 10.9. The van der Waals surface area contributed by atoms with Gasteiger partial charge in [-0.15, -0.1) is 11.8 Å². The molecule has 0 saturated carbocycles. The van der Waals surface area contributed by atoms with E-state index in [1.165, 1.54) is 4.90 Å². The molecule has 2 N–H and O–H groups in total. The molecule has 0 amide bonds. The molecule has 1 saturated heterocycles. The van der Waals surface area contributed by atoms with Gasteiger partial charge in [0.05, 0.1) is 23.8 Å². The van der Waals surface area contributed by atoms with E-state index in [0.29, 0.717) is 22.8 Å². The van der Waals surface area contributed by atoms with Crippen molar-refractivity contribution >= 4 is 40.2 Å². The Labute approximate surface area is 221 Å². The van der Waals surface area contributed by atoms with Crippen LogP contribution in [0.2, 0.25) is 5.02 Å². The van der Waals surface area contributed by atoms with Crippen LogP contribution in [-0.2, 0) is 4.79 Å². The third-order valence-electron chi connectivity index (χ3n) is 7.04. The molecule has 4 rings (SSSR count). The van der Waals surface area contributed by atoms with Crippen molar-refractivity contribution in [3.8, 4) is 5.75 Å². The number of piperidine rings is 1. The smallest absolute Gasteiger partial charge is 0.303 e. The van der Waals surface area contributed by atoms with Gasteiger partial charge in [-0.05, 0) is 68.0 Å². The van der Waals surface area contributed by atoms with Gasteiger partial charge in [0, 0.05) is 47.3 Å². The summed E-state index contributed by atoms with van der Waals surface area (Å²) in [7, 11) is 1.60. The quantitative estimate of drug-likeness (QED) is 0.299. The van der Waals surface area contributed by atoms with Crippen LogP contribution in [0.1, 0.15) is 37.4 Å². The molecule has 1 aliphatic heterocycles. The van der Waals surface area contributed by atoms with Crippen molar-refractivity contribution in [2.24, 2.45) is 11.8 Å². The largest absolute Gasteiger partial charge is 0.497 e. The van der Waals surface area contributed by atoms with Gasteiger partial charge in [-0.3, -0.25) is 9.78 Å². The minimum absolute atomic E-state index is 0.0647. The summed E-state index contributed by atoms with van der Waals surface area (Å²) in [5.41, 5.74) is 1.41. The first-order chi connectivity index (χ1) is 17.4. The Bertz CT molecular complexity index is 1160. The number of carboxylic acid groups (broad SMARTS) is 1. The van der Waals surface area contributed by atoms with Crippen LogP contribution < -0.4 is 4.74 Å². The van der Waals surface area contributed by atoms with Crippen LogP contribution in [0.4, 0.5) is 0 Å². The molecule has 1 fully saturated rings. The number of pyridine rings is 1. The normalized spacial score (nSPS) is 19.3. The fraction of sp³-hybridized carbons (Fsp3) is 0.429. The standard InChI is InChI=1S/C28H33ClN2O4S/c1-35-21-8-9-25-23(16-21)28(24(29)17-30-25)26(32)10-7-19-11-12-31(18-20(19)15-27(33)34)13-14-36-22-5-3-2-4-6-22/h2-6,8-9,16-17,19-20,26,32H,7,10-15,18H2,1H3,(H,33,34)/t19-,20-,26+/m1/s1. The van der Waals surface area contributed by atoms with E-state index in [9.17, 15) is 15.0 Å². The first-order valence-electron chi connectivity index (χ1n) is 12.4. The van der Waals surface area contributed by atoms with Crippen molar-refractivity contribution in [1.82, 2.24) is 9.88 Å². The van der Waals surface area contributed by atoms with E-state index in [0.717, 1.165) is 49.1 Å². The van der Waals surface area contributed by atoms with Gasteiger partial charge in [0.2, 0.25) is 0 Å². The van der Waals surface area contributed by atoms with Crippen LogP contribution in [0.3, 0.4) is 0 Å². The van der Waals surface area contributed by atoms with Crippen molar-refractivity contribution in [1.29, 1.82) is 0 Å². The van der Waals surface area contributed by atoms with E-state index in [-0.39, 0.29) is 18.3 Å². The molecule has 2 heterocycles. The number of aliphatic hydroxyl groups is 1. The molecule has 192 valence electrons. The molecule has 0 bridgehead atoms. The first kappa shape index (κ1) is 26.7. The molecule has 0 aliphatic carbocycles. The Balaban J connectivity index is 1.38. The molecular weight excluding hydrogens is 496 g/mol. The second kappa shape index (κ2) is 12.8. The average molecular weight is 529 g/mol.